The van der Waals surface area contributed by atoms with Gasteiger partial charge in [-0.1, -0.05) is 18.2 Å². The van der Waals surface area contributed by atoms with Crippen molar-refractivity contribution in [2.24, 2.45) is 0 Å². The molecule has 4 heteroatoms. The second-order valence-electron chi connectivity index (χ2n) is 6.87. The molecule has 0 aromatic heterocycles. The zero-order valence-electron chi connectivity index (χ0n) is 14.5. The average molecular weight is 317 g/mol. The lowest BCUT2D eigenvalue weighted by Crippen LogP contribution is -2.48. The molecule has 1 aliphatic heterocycles. The van der Waals surface area contributed by atoms with Gasteiger partial charge in [-0.25, -0.2) is 0 Å². The number of benzene rings is 1. The van der Waals surface area contributed by atoms with Gasteiger partial charge in [0.15, 0.2) is 11.5 Å². The Bertz CT molecular complexity index is 598. The van der Waals surface area contributed by atoms with Crippen LogP contribution in [-0.2, 0) is 5.41 Å². The molecule has 1 aromatic rings. The number of aliphatic hydroxyl groups excluding tert-OH is 1. The van der Waals surface area contributed by atoms with Gasteiger partial charge in [-0.2, -0.15) is 0 Å². The van der Waals surface area contributed by atoms with Gasteiger partial charge in [0.2, 0.25) is 0 Å². The summed E-state index contributed by atoms with van der Waals surface area (Å²) in [7, 11) is 3.33. The number of likely N-dealkylation sites (tertiary alicyclic amines) is 1. The standard InChI is InChI=1S/C19H27NO3/c1-13(2)20-10-9-19(8-7-15(21)12-18(19)20)14-5-6-16(22-3)17(11-14)23-4/h5-8,11,13,15,18,21H,9-10,12H2,1-4H3/t15-,18+,19+/m1/s1. The molecule has 0 spiro atoms. The maximum atomic E-state index is 10.1. The van der Waals surface area contributed by atoms with Gasteiger partial charge in [-0.3, -0.25) is 4.90 Å². The van der Waals surface area contributed by atoms with Crippen molar-refractivity contribution >= 4 is 0 Å². The van der Waals surface area contributed by atoms with E-state index in [0.717, 1.165) is 30.9 Å². The molecular weight excluding hydrogens is 290 g/mol. The zero-order valence-corrected chi connectivity index (χ0v) is 14.5. The minimum Gasteiger partial charge on any atom is -0.493 e. The lowest BCUT2D eigenvalue weighted by molar-refractivity contribution is 0.106. The first-order valence-corrected chi connectivity index (χ1v) is 8.37. The van der Waals surface area contributed by atoms with Gasteiger partial charge in [0, 0.05) is 17.5 Å². The molecular formula is C19H27NO3. The summed E-state index contributed by atoms with van der Waals surface area (Å²) in [5.41, 5.74) is 1.19. The molecule has 0 amide bonds. The van der Waals surface area contributed by atoms with Crippen LogP contribution in [0.15, 0.2) is 30.4 Å². The smallest absolute Gasteiger partial charge is 0.161 e. The Balaban J connectivity index is 2.06. The molecule has 0 saturated carbocycles. The third-order valence-corrected chi connectivity index (χ3v) is 5.44. The van der Waals surface area contributed by atoms with E-state index in [9.17, 15) is 5.11 Å². The molecule has 4 nitrogen and oxygen atoms in total. The van der Waals surface area contributed by atoms with Crippen LogP contribution >= 0.6 is 0 Å². The van der Waals surface area contributed by atoms with Crippen LogP contribution in [0.4, 0.5) is 0 Å². The van der Waals surface area contributed by atoms with Crippen molar-refractivity contribution in [3.05, 3.63) is 35.9 Å². The van der Waals surface area contributed by atoms with E-state index < -0.39 is 0 Å². The Morgan fingerprint density at radius 2 is 1.96 bits per heavy atom. The second-order valence-corrected chi connectivity index (χ2v) is 6.87. The van der Waals surface area contributed by atoms with Gasteiger partial charge in [0.05, 0.1) is 20.3 Å². The lowest BCUT2D eigenvalue weighted by Gasteiger charge is -2.42. The van der Waals surface area contributed by atoms with E-state index in [1.807, 2.05) is 12.1 Å². The molecule has 1 aromatic carbocycles. The van der Waals surface area contributed by atoms with Crippen LogP contribution < -0.4 is 9.47 Å². The van der Waals surface area contributed by atoms with Crippen molar-refractivity contribution in [1.29, 1.82) is 0 Å². The highest BCUT2D eigenvalue weighted by molar-refractivity contribution is 5.48. The highest BCUT2D eigenvalue weighted by Crippen LogP contribution is 2.48. The second kappa shape index (κ2) is 6.17. The molecule has 23 heavy (non-hydrogen) atoms. The predicted octanol–water partition coefficient (Wildman–Crippen LogP) is 2.75. The summed E-state index contributed by atoms with van der Waals surface area (Å²) in [4.78, 5) is 2.52. The topological polar surface area (TPSA) is 41.9 Å². The molecule has 1 fully saturated rings. The van der Waals surface area contributed by atoms with E-state index in [2.05, 4.69) is 37.0 Å². The van der Waals surface area contributed by atoms with Crippen LogP contribution in [0.3, 0.4) is 0 Å². The molecule has 0 radical (unpaired) electrons. The van der Waals surface area contributed by atoms with E-state index in [1.54, 1.807) is 14.2 Å². The van der Waals surface area contributed by atoms with Crippen LogP contribution in [-0.4, -0.2) is 49.0 Å². The van der Waals surface area contributed by atoms with E-state index in [0.29, 0.717) is 12.1 Å². The van der Waals surface area contributed by atoms with Crippen molar-refractivity contribution in [2.75, 3.05) is 20.8 Å². The number of fused-ring (bicyclic) bond motifs is 1. The molecule has 3 atom stereocenters. The number of methoxy groups -OCH3 is 2. The molecule has 2 aliphatic rings. The van der Waals surface area contributed by atoms with Crippen LogP contribution in [0, 0.1) is 0 Å². The molecule has 126 valence electrons. The lowest BCUT2D eigenvalue weighted by atomic mass is 9.69. The molecule has 1 aliphatic carbocycles. The molecule has 1 saturated heterocycles. The summed E-state index contributed by atoms with van der Waals surface area (Å²) >= 11 is 0. The van der Waals surface area contributed by atoms with Crippen molar-refractivity contribution in [1.82, 2.24) is 4.90 Å². The zero-order chi connectivity index (χ0) is 16.6. The normalized spacial score (nSPS) is 30.5. The quantitative estimate of drug-likeness (QED) is 0.867. The predicted molar refractivity (Wildman–Crippen MR) is 91.2 cm³/mol. The minimum absolute atomic E-state index is 0.0525. The Morgan fingerprint density at radius 1 is 1.22 bits per heavy atom. The molecule has 0 bridgehead atoms. The number of rotatable bonds is 4. The van der Waals surface area contributed by atoms with Crippen molar-refractivity contribution < 1.29 is 14.6 Å². The van der Waals surface area contributed by atoms with Crippen molar-refractivity contribution in [3.8, 4) is 11.5 Å². The third-order valence-electron chi connectivity index (χ3n) is 5.44. The van der Waals surface area contributed by atoms with Gasteiger partial charge >= 0.3 is 0 Å². The SMILES string of the molecule is COc1ccc([C@@]23C=C[C@@H](O)C[C@@H]2N(C(C)C)CC3)cc1OC. The molecule has 1 N–H and O–H groups in total. The fraction of sp³-hybridized carbons (Fsp3) is 0.579. The molecule has 3 rings (SSSR count). The number of nitrogens with zero attached hydrogens (tertiary/aromatic N) is 1. The average Bonchev–Trinajstić information content (AvgIpc) is 2.94. The van der Waals surface area contributed by atoms with Gasteiger partial charge < -0.3 is 14.6 Å². The van der Waals surface area contributed by atoms with E-state index >= 15 is 0 Å². The number of aliphatic hydroxyl groups is 1. The molecule has 1 heterocycles. The van der Waals surface area contributed by atoms with Gasteiger partial charge in [0.25, 0.3) is 0 Å². The minimum atomic E-state index is -0.354. The van der Waals surface area contributed by atoms with Crippen LogP contribution in [0.1, 0.15) is 32.3 Å². The monoisotopic (exact) mass is 317 g/mol. The summed E-state index contributed by atoms with van der Waals surface area (Å²) in [6.45, 7) is 5.51. The van der Waals surface area contributed by atoms with E-state index in [-0.39, 0.29) is 11.5 Å². The Morgan fingerprint density at radius 3 is 2.61 bits per heavy atom. The van der Waals surface area contributed by atoms with E-state index in [4.69, 9.17) is 9.47 Å². The summed E-state index contributed by atoms with van der Waals surface area (Å²) < 4.78 is 10.9. The van der Waals surface area contributed by atoms with Crippen LogP contribution in [0.5, 0.6) is 11.5 Å². The maximum Gasteiger partial charge on any atom is 0.161 e. The largest absolute Gasteiger partial charge is 0.493 e. The molecule has 0 unspecified atom stereocenters. The van der Waals surface area contributed by atoms with Gasteiger partial charge in [-0.15, -0.1) is 0 Å². The van der Waals surface area contributed by atoms with Crippen molar-refractivity contribution in [2.45, 2.75) is 50.3 Å². The summed E-state index contributed by atoms with van der Waals surface area (Å²) in [5, 5.41) is 10.1. The number of ether oxygens (including phenoxy) is 2. The van der Waals surface area contributed by atoms with E-state index in [1.165, 1.54) is 5.56 Å². The highest BCUT2D eigenvalue weighted by atomic mass is 16.5. The van der Waals surface area contributed by atoms with Gasteiger partial charge in [-0.05, 0) is 50.9 Å². The fourth-order valence-corrected chi connectivity index (χ4v) is 4.24. The maximum absolute atomic E-state index is 10.1. The fourth-order valence-electron chi connectivity index (χ4n) is 4.24. The van der Waals surface area contributed by atoms with Crippen LogP contribution in [0.25, 0.3) is 0 Å². The van der Waals surface area contributed by atoms with Gasteiger partial charge in [0.1, 0.15) is 0 Å². The third kappa shape index (κ3) is 2.64. The Kier molecular flexibility index (Phi) is 4.39. The number of hydrogen-bond donors (Lipinski definition) is 1. The first-order chi connectivity index (χ1) is 11.0. The summed E-state index contributed by atoms with van der Waals surface area (Å²) in [6.07, 6.45) is 5.66. The van der Waals surface area contributed by atoms with Crippen molar-refractivity contribution in [3.63, 3.8) is 0 Å². The summed E-state index contributed by atoms with van der Waals surface area (Å²) in [6, 6.07) is 7.01. The summed E-state index contributed by atoms with van der Waals surface area (Å²) in [5.74, 6) is 1.52. The van der Waals surface area contributed by atoms with Crippen LogP contribution in [0.2, 0.25) is 0 Å². The highest BCUT2D eigenvalue weighted by Gasteiger charge is 2.49. The Hall–Kier alpha value is -1.52. The Labute approximate surface area is 138 Å². The first kappa shape index (κ1) is 16.3. The first-order valence-electron chi connectivity index (χ1n) is 8.37. The number of hydrogen-bond acceptors (Lipinski definition) is 4.